The number of hydrogen-bond donors (Lipinski definition) is 1. The molecule has 2 rings (SSSR count). The van der Waals surface area contributed by atoms with Crippen LogP contribution in [0.1, 0.15) is 6.42 Å². The zero-order chi connectivity index (χ0) is 19.9. The number of anilines is 1. The average Bonchev–Trinajstić information content (AvgIpc) is 3.08. The van der Waals surface area contributed by atoms with E-state index in [-0.39, 0.29) is 16.6 Å². The van der Waals surface area contributed by atoms with E-state index < -0.39 is 10.0 Å². The van der Waals surface area contributed by atoms with Crippen molar-refractivity contribution in [1.82, 2.24) is 19.1 Å². The Kier molecular flexibility index (Phi) is 7.78. The molecule has 0 aliphatic heterocycles. The Hall–Kier alpha value is -1.95. The van der Waals surface area contributed by atoms with Crippen molar-refractivity contribution in [2.75, 3.05) is 38.9 Å². The van der Waals surface area contributed by atoms with Gasteiger partial charge in [0.1, 0.15) is 6.33 Å². The van der Waals surface area contributed by atoms with Gasteiger partial charge >= 0.3 is 0 Å². The van der Waals surface area contributed by atoms with E-state index in [9.17, 15) is 13.2 Å². The minimum Gasteiger partial charge on any atom is -0.385 e. The number of benzene rings is 1. The molecule has 11 heteroatoms. The number of amides is 1. The van der Waals surface area contributed by atoms with Gasteiger partial charge in [-0.25, -0.2) is 12.7 Å². The molecule has 0 bridgehead atoms. The number of aryl methyl sites for hydroxylation is 1. The number of nitrogens with zero attached hydrogens (tertiary/aromatic N) is 4. The van der Waals surface area contributed by atoms with Gasteiger partial charge in [0.2, 0.25) is 15.9 Å². The summed E-state index contributed by atoms with van der Waals surface area (Å²) in [5.74, 6) is -0.126. The van der Waals surface area contributed by atoms with E-state index in [1.54, 1.807) is 25.6 Å². The van der Waals surface area contributed by atoms with E-state index in [0.717, 1.165) is 10.7 Å². The highest BCUT2D eigenvalue weighted by molar-refractivity contribution is 7.99. The van der Waals surface area contributed by atoms with Gasteiger partial charge in [-0.3, -0.25) is 4.79 Å². The number of rotatable bonds is 10. The summed E-state index contributed by atoms with van der Waals surface area (Å²) < 4.78 is 32.4. The molecule has 0 saturated heterocycles. The number of carbonyl (C=O) groups is 1. The molecule has 1 N–H and O–H groups in total. The van der Waals surface area contributed by atoms with Crippen LogP contribution in [0.4, 0.5) is 5.69 Å². The molecule has 0 fully saturated rings. The van der Waals surface area contributed by atoms with E-state index in [1.165, 1.54) is 38.0 Å². The van der Waals surface area contributed by atoms with Gasteiger partial charge in [-0.05, 0) is 24.6 Å². The molecule has 1 amide bonds. The minimum atomic E-state index is -3.55. The zero-order valence-corrected chi connectivity index (χ0v) is 17.1. The second kappa shape index (κ2) is 9.83. The van der Waals surface area contributed by atoms with Crippen LogP contribution >= 0.6 is 11.8 Å². The number of aromatic nitrogens is 3. The SMILES string of the molecule is COCCCn1cnnc1SCC(=O)Nc1cccc(S(=O)(=O)N(C)C)c1. The molecule has 9 nitrogen and oxygen atoms in total. The molecule has 0 atom stereocenters. The van der Waals surface area contributed by atoms with Crippen LogP contribution in [0.2, 0.25) is 0 Å². The molecule has 0 spiro atoms. The smallest absolute Gasteiger partial charge is 0.242 e. The normalized spacial score (nSPS) is 11.7. The summed E-state index contributed by atoms with van der Waals surface area (Å²) in [6, 6.07) is 6.16. The lowest BCUT2D eigenvalue weighted by atomic mass is 10.3. The van der Waals surface area contributed by atoms with Gasteiger partial charge in [-0.15, -0.1) is 10.2 Å². The summed E-state index contributed by atoms with van der Waals surface area (Å²) in [5, 5.41) is 11.2. The molecular weight excluding hydrogens is 390 g/mol. The monoisotopic (exact) mass is 413 g/mol. The first-order valence-corrected chi connectivity index (χ1v) is 10.6. The molecule has 27 heavy (non-hydrogen) atoms. The maximum atomic E-state index is 12.2. The molecule has 1 heterocycles. The Labute approximate surface area is 163 Å². The number of hydrogen-bond acceptors (Lipinski definition) is 7. The Balaban J connectivity index is 1.94. The first kappa shape index (κ1) is 21.4. The van der Waals surface area contributed by atoms with E-state index in [4.69, 9.17) is 4.74 Å². The Morgan fingerprint density at radius 3 is 2.85 bits per heavy atom. The van der Waals surface area contributed by atoms with E-state index in [2.05, 4.69) is 15.5 Å². The summed E-state index contributed by atoms with van der Waals surface area (Å²) >= 11 is 1.26. The number of methoxy groups -OCH3 is 1. The van der Waals surface area contributed by atoms with E-state index in [0.29, 0.717) is 24.0 Å². The second-order valence-corrected chi connectivity index (χ2v) is 8.90. The molecule has 1 aromatic heterocycles. The van der Waals surface area contributed by atoms with Crippen molar-refractivity contribution in [1.29, 1.82) is 0 Å². The third kappa shape index (κ3) is 6.03. The Morgan fingerprint density at radius 1 is 1.37 bits per heavy atom. The van der Waals surface area contributed by atoms with Crippen LogP contribution in [0, 0.1) is 0 Å². The van der Waals surface area contributed by atoms with E-state index in [1.807, 2.05) is 4.57 Å². The van der Waals surface area contributed by atoms with Crippen molar-refractivity contribution in [3.8, 4) is 0 Å². The van der Waals surface area contributed by atoms with Gasteiger partial charge in [-0.2, -0.15) is 0 Å². The first-order chi connectivity index (χ1) is 12.8. The molecule has 0 saturated carbocycles. The highest BCUT2D eigenvalue weighted by Gasteiger charge is 2.17. The average molecular weight is 414 g/mol. The van der Waals surface area contributed by atoms with Crippen LogP contribution in [0.3, 0.4) is 0 Å². The molecule has 0 radical (unpaired) electrons. The van der Waals surface area contributed by atoms with Gasteiger partial charge in [0.05, 0.1) is 10.6 Å². The predicted octanol–water partition coefficient (Wildman–Crippen LogP) is 1.30. The van der Waals surface area contributed by atoms with Crippen LogP contribution in [0.5, 0.6) is 0 Å². The number of sulfonamides is 1. The maximum absolute atomic E-state index is 12.2. The first-order valence-electron chi connectivity index (χ1n) is 8.16. The maximum Gasteiger partial charge on any atom is 0.242 e. The van der Waals surface area contributed by atoms with Crippen LogP contribution in [-0.2, 0) is 26.1 Å². The second-order valence-electron chi connectivity index (χ2n) is 5.81. The minimum absolute atomic E-state index is 0.121. The number of nitrogens with one attached hydrogen (secondary N) is 1. The predicted molar refractivity (Wildman–Crippen MR) is 103 cm³/mol. The lowest BCUT2D eigenvalue weighted by Gasteiger charge is -2.12. The van der Waals surface area contributed by atoms with Gasteiger partial charge in [0.15, 0.2) is 5.16 Å². The summed E-state index contributed by atoms with van der Waals surface area (Å²) in [5.41, 5.74) is 0.421. The van der Waals surface area contributed by atoms with Gasteiger partial charge in [-0.1, -0.05) is 17.8 Å². The fraction of sp³-hybridized carbons (Fsp3) is 0.438. The molecule has 0 unspecified atom stereocenters. The standard InChI is InChI=1S/C16H23N5O4S2/c1-20(2)27(23,24)14-7-4-6-13(10-14)18-15(22)11-26-16-19-17-12-21(16)8-5-9-25-3/h4,6-7,10,12H,5,8-9,11H2,1-3H3,(H,18,22). The third-order valence-electron chi connectivity index (χ3n) is 3.56. The van der Waals surface area contributed by atoms with Crippen molar-refractivity contribution in [3.05, 3.63) is 30.6 Å². The third-order valence-corrected chi connectivity index (χ3v) is 6.35. The van der Waals surface area contributed by atoms with Crippen molar-refractivity contribution >= 4 is 33.4 Å². The fourth-order valence-corrected chi connectivity index (χ4v) is 3.85. The summed E-state index contributed by atoms with van der Waals surface area (Å²) in [4.78, 5) is 12.3. The largest absolute Gasteiger partial charge is 0.385 e. The van der Waals surface area contributed by atoms with E-state index >= 15 is 0 Å². The summed E-state index contributed by atoms with van der Waals surface area (Å²) in [6.45, 7) is 1.34. The number of carbonyl (C=O) groups excluding carboxylic acids is 1. The van der Waals surface area contributed by atoms with Crippen molar-refractivity contribution < 1.29 is 17.9 Å². The van der Waals surface area contributed by atoms with Gasteiger partial charge in [0, 0.05) is 40.0 Å². The highest BCUT2D eigenvalue weighted by Crippen LogP contribution is 2.19. The molecule has 1 aromatic carbocycles. The van der Waals surface area contributed by atoms with Crippen LogP contribution in [-0.4, -0.2) is 67.0 Å². The molecule has 0 aliphatic carbocycles. The topological polar surface area (TPSA) is 106 Å². The molecule has 148 valence electrons. The molecule has 2 aromatic rings. The van der Waals surface area contributed by atoms with Crippen molar-refractivity contribution in [3.63, 3.8) is 0 Å². The highest BCUT2D eigenvalue weighted by atomic mass is 32.2. The van der Waals surface area contributed by atoms with Crippen LogP contribution in [0.25, 0.3) is 0 Å². The van der Waals surface area contributed by atoms with Crippen molar-refractivity contribution in [2.24, 2.45) is 0 Å². The molecular formula is C16H23N5O4S2. The van der Waals surface area contributed by atoms with Crippen LogP contribution < -0.4 is 5.32 Å². The quantitative estimate of drug-likeness (QED) is 0.462. The van der Waals surface area contributed by atoms with Crippen molar-refractivity contribution in [2.45, 2.75) is 23.0 Å². The summed E-state index contributed by atoms with van der Waals surface area (Å²) in [6.07, 6.45) is 2.44. The lowest BCUT2D eigenvalue weighted by molar-refractivity contribution is -0.113. The Morgan fingerprint density at radius 2 is 2.15 bits per heavy atom. The lowest BCUT2D eigenvalue weighted by Crippen LogP contribution is -2.22. The van der Waals surface area contributed by atoms with Gasteiger partial charge < -0.3 is 14.6 Å². The van der Waals surface area contributed by atoms with Crippen LogP contribution in [0.15, 0.2) is 40.6 Å². The number of ether oxygens (including phenoxy) is 1. The number of thioether (sulfide) groups is 1. The summed E-state index contributed by atoms with van der Waals surface area (Å²) in [7, 11) is 1.01. The fourth-order valence-electron chi connectivity index (χ4n) is 2.16. The molecule has 0 aliphatic rings. The van der Waals surface area contributed by atoms with Gasteiger partial charge in [0.25, 0.3) is 0 Å². The Bertz CT molecular complexity index is 867. The zero-order valence-electron chi connectivity index (χ0n) is 15.5.